The van der Waals surface area contributed by atoms with Gasteiger partial charge in [-0.2, -0.15) is 11.6 Å². The van der Waals surface area contributed by atoms with E-state index in [0.717, 1.165) is 11.3 Å². The monoisotopic (exact) mass is 524 g/mol. The minimum atomic E-state index is 0.105. The van der Waals surface area contributed by atoms with E-state index in [1.165, 1.54) is 39.2 Å². The SMILES string of the molecule is C=C.NCCSB(c1ccccc1)c1cccc(COCc2cccc(B(SN)c3ccccc3)c2)c1. The van der Waals surface area contributed by atoms with Crippen LogP contribution in [0.3, 0.4) is 0 Å². The summed E-state index contributed by atoms with van der Waals surface area (Å²) in [6, 6.07) is 38.2. The Hall–Kier alpha value is -2.67. The highest BCUT2D eigenvalue weighted by molar-refractivity contribution is 8.28. The van der Waals surface area contributed by atoms with Gasteiger partial charge in [-0.3, -0.25) is 5.14 Å². The zero-order chi connectivity index (χ0) is 26.3. The van der Waals surface area contributed by atoms with Crippen molar-refractivity contribution in [3.63, 3.8) is 0 Å². The molecule has 0 saturated heterocycles. The Kier molecular flexibility index (Phi) is 12.7. The quantitative estimate of drug-likeness (QED) is 0.168. The highest BCUT2D eigenvalue weighted by atomic mass is 32.2. The second kappa shape index (κ2) is 16.2. The molecule has 0 heterocycles. The molecular weight excluding hydrogens is 490 g/mol. The van der Waals surface area contributed by atoms with Crippen LogP contribution in [0.2, 0.25) is 0 Å². The number of nitrogens with two attached hydrogens (primary N) is 2. The molecule has 0 bridgehead atoms. The molecule has 4 N–H and O–H groups in total. The number of ether oxygens (including phenoxy) is 1. The molecule has 37 heavy (non-hydrogen) atoms. The Labute approximate surface area is 231 Å². The maximum atomic E-state index is 6.14. The molecule has 0 amide bonds. The molecule has 0 aliphatic rings. The number of hydrogen-bond donors (Lipinski definition) is 2. The highest BCUT2D eigenvalue weighted by Gasteiger charge is 2.20. The molecule has 188 valence electrons. The normalized spacial score (nSPS) is 10.3. The maximum absolute atomic E-state index is 6.14. The van der Waals surface area contributed by atoms with Crippen LogP contribution in [0, 0.1) is 0 Å². The van der Waals surface area contributed by atoms with Crippen LogP contribution in [-0.2, 0) is 18.0 Å². The summed E-state index contributed by atoms with van der Waals surface area (Å²) < 4.78 is 6.14. The Bertz CT molecular complexity index is 1200. The third-order valence-corrected chi connectivity index (χ3v) is 7.95. The lowest BCUT2D eigenvalue weighted by molar-refractivity contribution is 0.107. The van der Waals surface area contributed by atoms with Crippen molar-refractivity contribution in [3.8, 4) is 0 Å². The lowest BCUT2D eigenvalue weighted by atomic mass is 9.61. The first-order chi connectivity index (χ1) is 18.3. The molecule has 4 rings (SSSR count). The molecule has 0 aliphatic heterocycles. The van der Waals surface area contributed by atoms with Gasteiger partial charge in [0.1, 0.15) is 0 Å². The van der Waals surface area contributed by atoms with Crippen LogP contribution in [0.1, 0.15) is 11.1 Å². The fourth-order valence-corrected chi connectivity index (χ4v) is 5.83. The number of hydrogen-bond acceptors (Lipinski definition) is 5. The van der Waals surface area contributed by atoms with Crippen molar-refractivity contribution >= 4 is 57.2 Å². The number of benzene rings is 4. The summed E-state index contributed by atoms with van der Waals surface area (Å²) in [6.45, 7) is 7.79. The second-order valence-corrected chi connectivity index (χ2v) is 10.3. The van der Waals surface area contributed by atoms with Crippen molar-refractivity contribution in [3.05, 3.63) is 133 Å². The van der Waals surface area contributed by atoms with E-state index in [1.54, 1.807) is 0 Å². The minimum absolute atomic E-state index is 0.105. The van der Waals surface area contributed by atoms with Crippen molar-refractivity contribution in [2.24, 2.45) is 10.9 Å². The molecule has 4 aromatic carbocycles. The van der Waals surface area contributed by atoms with Gasteiger partial charge in [0.05, 0.1) is 13.2 Å². The zero-order valence-electron chi connectivity index (χ0n) is 21.2. The van der Waals surface area contributed by atoms with Crippen molar-refractivity contribution in [1.29, 1.82) is 0 Å². The van der Waals surface area contributed by atoms with Crippen LogP contribution in [0.4, 0.5) is 0 Å². The van der Waals surface area contributed by atoms with Gasteiger partial charge in [0, 0.05) is 6.54 Å². The van der Waals surface area contributed by atoms with Crippen LogP contribution in [0.25, 0.3) is 0 Å². The molecule has 0 radical (unpaired) electrons. The summed E-state index contributed by atoms with van der Waals surface area (Å²) >= 11 is 3.25. The first kappa shape index (κ1) is 28.9. The average Bonchev–Trinajstić information content (AvgIpc) is 2.96. The van der Waals surface area contributed by atoms with Gasteiger partial charge in [-0.05, 0) is 16.9 Å². The average molecular weight is 524 g/mol. The minimum Gasteiger partial charge on any atom is -0.372 e. The predicted octanol–water partition coefficient (Wildman–Crippen LogP) is 3.72. The van der Waals surface area contributed by atoms with E-state index in [9.17, 15) is 0 Å². The van der Waals surface area contributed by atoms with Gasteiger partial charge in [-0.25, -0.2) is 0 Å². The van der Waals surface area contributed by atoms with Gasteiger partial charge < -0.3 is 10.5 Å². The van der Waals surface area contributed by atoms with Crippen molar-refractivity contribution in [2.75, 3.05) is 12.3 Å². The van der Waals surface area contributed by atoms with E-state index in [-0.39, 0.29) is 12.0 Å². The van der Waals surface area contributed by atoms with E-state index < -0.39 is 0 Å². The van der Waals surface area contributed by atoms with Gasteiger partial charge in [0.15, 0.2) is 0 Å². The summed E-state index contributed by atoms with van der Waals surface area (Å²) in [5.41, 5.74) is 13.1. The van der Waals surface area contributed by atoms with Gasteiger partial charge in [0.2, 0.25) is 0 Å². The molecule has 0 fully saturated rings. The Balaban J connectivity index is 0.00000186. The first-order valence-electron chi connectivity index (χ1n) is 12.3. The van der Waals surface area contributed by atoms with Crippen LogP contribution >= 0.6 is 23.4 Å². The topological polar surface area (TPSA) is 61.3 Å². The molecule has 0 atom stereocenters. The van der Waals surface area contributed by atoms with Gasteiger partial charge >= 0.3 is 0 Å². The smallest absolute Gasteiger partial charge is 0.294 e. The number of rotatable bonds is 12. The maximum Gasteiger partial charge on any atom is 0.294 e. The van der Waals surface area contributed by atoms with Crippen molar-refractivity contribution in [2.45, 2.75) is 13.2 Å². The van der Waals surface area contributed by atoms with Crippen molar-refractivity contribution < 1.29 is 4.74 Å². The Morgan fingerprint density at radius 1 is 0.622 bits per heavy atom. The molecule has 4 aromatic rings. The predicted molar refractivity (Wildman–Crippen MR) is 169 cm³/mol. The molecule has 3 nitrogen and oxygen atoms in total. The van der Waals surface area contributed by atoms with E-state index in [0.29, 0.717) is 19.8 Å². The molecular formula is C30H34B2N2OS2. The summed E-state index contributed by atoms with van der Waals surface area (Å²) in [6.07, 6.45) is 0. The van der Waals surface area contributed by atoms with Crippen LogP contribution in [0.15, 0.2) is 122 Å². The fourth-order valence-electron chi connectivity index (χ4n) is 4.15. The van der Waals surface area contributed by atoms with Crippen LogP contribution < -0.4 is 32.7 Å². The highest BCUT2D eigenvalue weighted by Crippen LogP contribution is 2.11. The lowest BCUT2D eigenvalue weighted by Crippen LogP contribution is -2.40. The van der Waals surface area contributed by atoms with Gasteiger partial charge in [-0.1, -0.05) is 131 Å². The first-order valence-corrected chi connectivity index (χ1v) is 14.3. The van der Waals surface area contributed by atoms with Crippen molar-refractivity contribution in [1.82, 2.24) is 0 Å². The molecule has 0 saturated carbocycles. The summed E-state index contributed by atoms with van der Waals surface area (Å²) in [5, 5.41) is 6.05. The Morgan fingerprint density at radius 3 is 1.57 bits per heavy atom. The third-order valence-electron chi connectivity index (χ3n) is 5.79. The Morgan fingerprint density at radius 2 is 1.08 bits per heavy atom. The largest absolute Gasteiger partial charge is 0.372 e. The van der Waals surface area contributed by atoms with E-state index in [4.69, 9.17) is 15.6 Å². The van der Waals surface area contributed by atoms with Gasteiger partial charge in [-0.15, -0.1) is 25.0 Å². The third kappa shape index (κ3) is 8.70. The molecule has 0 spiro atoms. The molecule has 0 unspecified atom stereocenters. The summed E-state index contributed by atoms with van der Waals surface area (Å²) in [7, 11) is 0. The molecule has 0 aromatic heterocycles. The molecule has 7 heteroatoms. The van der Waals surface area contributed by atoms with Gasteiger partial charge in [0.25, 0.3) is 12.0 Å². The lowest BCUT2D eigenvalue weighted by Gasteiger charge is -2.15. The van der Waals surface area contributed by atoms with Crippen LogP contribution in [-0.4, -0.2) is 24.3 Å². The van der Waals surface area contributed by atoms with E-state index >= 15 is 0 Å². The van der Waals surface area contributed by atoms with Crippen LogP contribution in [0.5, 0.6) is 0 Å². The zero-order valence-corrected chi connectivity index (χ0v) is 22.8. The fraction of sp³-hybridized carbons (Fsp3) is 0.133. The summed E-state index contributed by atoms with van der Waals surface area (Å²) in [4.78, 5) is 0. The molecule has 0 aliphatic carbocycles. The standard InChI is InChI=1S/C28H30B2N2OS2.C2H4/c31-17-18-34-29(25-11-3-1-4-12-25)27-15-7-9-23(19-27)21-33-22-24-10-8-16-28(20-24)30(35-32)26-13-5-2-6-14-26;1-2/h1-16,19-20H,17-18,21-22,31-32H2;1-2H2. The van der Waals surface area contributed by atoms with E-state index in [1.807, 2.05) is 17.7 Å². The van der Waals surface area contributed by atoms with E-state index in [2.05, 4.69) is 116 Å². The summed E-state index contributed by atoms with van der Waals surface area (Å²) in [5.74, 6) is 1.29. The second-order valence-electron chi connectivity index (χ2n) is 8.36.